The molecule has 1 heterocycles. The van der Waals surface area contributed by atoms with Crippen molar-refractivity contribution < 1.29 is 14.7 Å². The van der Waals surface area contributed by atoms with Crippen LogP contribution in [0.15, 0.2) is 30.3 Å². The van der Waals surface area contributed by atoms with Crippen LogP contribution < -0.4 is 11.1 Å². The normalized spacial score (nSPS) is 23.6. The largest absolute Gasteiger partial charge is 0.362 e. The van der Waals surface area contributed by atoms with Crippen molar-refractivity contribution in [2.75, 3.05) is 6.54 Å². The Balaban J connectivity index is 2.00. The van der Waals surface area contributed by atoms with Crippen LogP contribution in [0.3, 0.4) is 0 Å². The maximum atomic E-state index is 12.6. The summed E-state index contributed by atoms with van der Waals surface area (Å²) in [7, 11) is 0. The number of carbonyl (C=O) groups is 2. The lowest BCUT2D eigenvalue weighted by molar-refractivity contribution is -0.171. The van der Waals surface area contributed by atoms with Gasteiger partial charge in [0, 0.05) is 18.5 Å². The van der Waals surface area contributed by atoms with Gasteiger partial charge >= 0.3 is 0 Å². The minimum atomic E-state index is -1.98. The Labute approximate surface area is 149 Å². The lowest BCUT2D eigenvalue weighted by Gasteiger charge is -2.37. The van der Waals surface area contributed by atoms with Crippen molar-refractivity contribution in [1.29, 1.82) is 0 Å². The first-order chi connectivity index (χ1) is 11.6. The van der Waals surface area contributed by atoms with Crippen molar-refractivity contribution >= 4 is 11.8 Å². The van der Waals surface area contributed by atoms with E-state index in [1.807, 2.05) is 51.1 Å². The molecule has 0 aliphatic carbocycles. The van der Waals surface area contributed by atoms with Gasteiger partial charge in [0.25, 0.3) is 5.91 Å². The second kappa shape index (κ2) is 7.54. The molecule has 2 rings (SSSR count). The Bertz CT molecular complexity index is 612. The molecule has 0 radical (unpaired) electrons. The van der Waals surface area contributed by atoms with Gasteiger partial charge < -0.3 is 21.1 Å². The van der Waals surface area contributed by atoms with Crippen LogP contribution in [-0.4, -0.2) is 45.7 Å². The fourth-order valence-corrected chi connectivity index (χ4v) is 3.10. The number of benzene rings is 1. The molecule has 4 N–H and O–H groups in total. The zero-order valence-corrected chi connectivity index (χ0v) is 15.3. The number of likely N-dealkylation sites (tertiary alicyclic amines) is 1. The summed E-state index contributed by atoms with van der Waals surface area (Å²) in [5, 5.41) is 13.6. The zero-order valence-electron chi connectivity index (χ0n) is 15.3. The highest BCUT2D eigenvalue weighted by molar-refractivity contribution is 5.91. The maximum Gasteiger partial charge on any atom is 0.275 e. The number of aryl methyl sites for hydroxylation is 1. The molecular weight excluding hydrogens is 318 g/mol. The van der Waals surface area contributed by atoms with Gasteiger partial charge in [-0.1, -0.05) is 30.3 Å². The molecule has 1 aromatic rings. The van der Waals surface area contributed by atoms with Crippen molar-refractivity contribution in [1.82, 2.24) is 10.2 Å². The Kier molecular flexibility index (Phi) is 5.85. The molecule has 6 nitrogen and oxygen atoms in total. The van der Waals surface area contributed by atoms with Crippen LogP contribution in [0, 0.1) is 0 Å². The summed E-state index contributed by atoms with van der Waals surface area (Å²) >= 11 is 0. The minimum absolute atomic E-state index is 0.240. The van der Waals surface area contributed by atoms with Gasteiger partial charge in [0.2, 0.25) is 11.6 Å². The Hall–Kier alpha value is -1.92. The second-order valence-corrected chi connectivity index (χ2v) is 7.71. The van der Waals surface area contributed by atoms with E-state index < -0.39 is 23.2 Å². The summed E-state index contributed by atoms with van der Waals surface area (Å²) in [6, 6.07) is 9.13. The van der Waals surface area contributed by atoms with Gasteiger partial charge in [-0.15, -0.1) is 0 Å². The van der Waals surface area contributed by atoms with E-state index in [4.69, 9.17) is 5.73 Å². The zero-order chi connectivity index (χ0) is 18.7. The number of nitrogens with zero attached hydrogens (tertiary/aromatic N) is 1. The fraction of sp³-hybridized carbons (Fsp3) is 0.579. The summed E-state index contributed by atoms with van der Waals surface area (Å²) < 4.78 is 0. The third kappa shape index (κ3) is 4.58. The van der Waals surface area contributed by atoms with Gasteiger partial charge in [0.15, 0.2) is 0 Å². The molecule has 1 aliphatic rings. The Morgan fingerprint density at radius 3 is 2.56 bits per heavy atom. The summed E-state index contributed by atoms with van der Waals surface area (Å²) in [5.74, 6) is -0.850. The number of amides is 2. The molecule has 0 saturated carbocycles. The maximum absolute atomic E-state index is 12.6. The number of rotatable bonds is 5. The smallest absolute Gasteiger partial charge is 0.275 e. The number of hydrogen-bond donors (Lipinski definition) is 3. The number of nitrogens with two attached hydrogens (primary N) is 1. The molecule has 1 aromatic carbocycles. The molecule has 1 unspecified atom stereocenters. The highest BCUT2D eigenvalue weighted by Crippen LogP contribution is 2.28. The minimum Gasteiger partial charge on any atom is -0.362 e. The van der Waals surface area contributed by atoms with Gasteiger partial charge in [0.05, 0.1) is 6.04 Å². The van der Waals surface area contributed by atoms with Crippen LogP contribution in [0.4, 0.5) is 0 Å². The van der Waals surface area contributed by atoms with Gasteiger partial charge in [-0.05, 0) is 45.6 Å². The predicted octanol–water partition coefficient (Wildman–Crippen LogP) is 1.17. The topological polar surface area (TPSA) is 95.7 Å². The third-order valence-electron chi connectivity index (χ3n) is 4.41. The molecule has 0 aromatic heterocycles. The monoisotopic (exact) mass is 347 g/mol. The number of hydrogen-bond acceptors (Lipinski definition) is 4. The first-order valence-corrected chi connectivity index (χ1v) is 8.79. The highest BCUT2D eigenvalue weighted by Gasteiger charge is 2.54. The van der Waals surface area contributed by atoms with E-state index in [-0.39, 0.29) is 12.3 Å². The van der Waals surface area contributed by atoms with Gasteiger partial charge in [-0.25, -0.2) is 0 Å². The van der Waals surface area contributed by atoms with Gasteiger partial charge in [0.1, 0.15) is 0 Å². The SMILES string of the molecule is CC(C)(C)NC(=O)[C@]1(O)C(N)CCN1C(=O)CCCc1ccccc1. The molecule has 2 amide bonds. The van der Waals surface area contributed by atoms with Crippen LogP contribution in [0.25, 0.3) is 0 Å². The number of aliphatic hydroxyl groups is 1. The van der Waals surface area contributed by atoms with E-state index in [1.54, 1.807) is 0 Å². The van der Waals surface area contributed by atoms with Gasteiger partial charge in [-0.3, -0.25) is 9.59 Å². The molecule has 0 spiro atoms. The molecule has 2 atom stereocenters. The molecular formula is C19H29N3O3. The van der Waals surface area contributed by atoms with E-state index >= 15 is 0 Å². The fourth-order valence-electron chi connectivity index (χ4n) is 3.10. The molecule has 1 aliphatic heterocycles. The molecule has 25 heavy (non-hydrogen) atoms. The molecule has 6 heteroatoms. The quantitative estimate of drug-likeness (QED) is 0.745. The van der Waals surface area contributed by atoms with Crippen LogP contribution in [0.2, 0.25) is 0 Å². The molecule has 1 saturated heterocycles. The van der Waals surface area contributed by atoms with E-state index in [0.717, 1.165) is 12.0 Å². The van der Waals surface area contributed by atoms with Crippen molar-refractivity contribution in [2.45, 2.75) is 63.8 Å². The van der Waals surface area contributed by atoms with Crippen molar-refractivity contribution in [2.24, 2.45) is 5.73 Å². The lowest BCUT2D eigenvalue weighted by atomic mass is 10.0. The molecule has 0 bridgehead atoms. The van der Waals surface area contributed by atoms with E-state index in [2.05, 4.69) is 5.32 Å². The first kappa shape index (κ1) is 19.4. The molecule has 1 fully saturated rings. The Morgan fingerprint density at radius 1 is 1.32 bits per heavy atom. The van der Waals surface area contributed by atoms with E-state index in [0.29, 0.717) is 19.4 Å². The van der Waals surface area contributed by atoms with Crippen LogP contribution >= 0.6 is 0 Å². The predicted molar refractivity (Wildman–Crippen MR) is 96.5 cm³/mol. The lowest BCUT2D eigenvalue weighted by Crippen LogP contribution is -2.66. The Morgan fingerprint density at radius 2 is 1.96 bits per heavy atom. The summed E-state index contributed by atoms with van der Waals surface area (Å²) in [6.45, 7) is 5.75. The highest BCUT2D eigenvalue weighted by atomic mass is 16.3. The standard InChI is InChI=1S/C19H29N3O3/c1-18(2,3)21-17(24)19(25)15(20)12-13-22(19)16(23)11-7-10-14-8-5-4-6-9-14/h4-6,8-9,15,25H,7,10-13,20H2,1-3H3,(H,21,24)/t15?,19-/m1/s1. The summed E-state index contributed by atoms with van der Waals surface area (Å²) in [5.41, 5.74) is 4.65. The number of nitrogens with one attached hydrogen (secondary N) is 1. The second-order valence-electron chi connectivity index (χ2n) is 7.71. The van der Waals surface area contributed by atoms with E-state index in [9.17, 15) is 14.7 Å². The first-order valence-electron chi connectivity index (χ1n) is 8.79. The molecule has 138 valence electrons. The van der Waals surface area contributed by atoms with Crippen LogP contribution in [-0.2, 0) is 16.0 Å². The summed E-state index contributed by atoms with van der Waals surface area (Å²) in [4.78, 5) is 26.4. The summed E-state index contributed by atoms with van der Waals surface area (Å²) in [6.07, 6.45) is 2.11. The van der Waals surface area contributed by atoms with Crippen LogP contribution in [0.1, 0.15) is 45.6 Å². The average Bonchev–Trinajstić information content (AvgIpc) is 2.83. The van der Waals surface area contributed by atoms with E-state index in [1.165, 1.54) is 4.90 Å². The third-order valence-corrected chi connectivity index (χ3v) is 4.41. The van der Waals surface area contributed by atoms with Gasteiger partial charge in [-0.2, -0.15) is 0 Å². The van der Waals surface area contributed by atoms with Crippen LogP contribution in [0.5, 0.6) is 0 Å². The average molecular weight is 347 g/mol. The van der Waals surface area contributed by atoms with Crippen molar-refractivity contribution in [3.05, 3.63) is 35.9 Å². The number of carbonyl (C=O) groups excluding carboxylic acids is 2. The van der Waals surface area contributed by atoms with Crippen molar-refractivity contribution in [3.8, 4) is 0 Å². The van der Waals surface area contributed by atoms with Crippen molar-refractivity contribution in [3.63, 3.8) is 0 Å².